The average molecular weight is 320 g/mol. The summed E-state index contributed by atoms with van der Waals surface area (Å²) in [5.74, 6) is 0.264. The van der Waals surface area contributed by atoms with Crippen molar-refractivity contribution in [3.8, 4) is 5.75 Å². The van der Waals surface area contributed by atoms with E-state index in [2.05, 4.69) is 10.3 Å². The van der Waals surface area contributed by atoms with Gasteiger partial charge in [-0.3, -0.25) is 14.6 Å². The number of hydrogen-bond donors (Lipinski definition) is 1. The van der Waals surface area contributed by atoms with Crippen LogP contribution in [0.15, 0.2) is 60.8 Å². The number of benzene rings is 2. The van der Waals surface area contributed by atoms with Gasteiger partial charge in [0, 0.05) is 17.1 Å². The zero-order valence-electron chi connectivity index (χ0n) is 13.2. The lowest BCUT2D eigenvalue weighted by atomic mass is 10.1. The quantitative estimate of drug-likeness (QED) is 0.731. The summed E-state index contributed by atoms with van der Waals surface area (Å²) in [6.07, 6.45) is 1.71. The largest absolute Gasteiger partial charge is 0.484 e. The van der Waals surface area contributed by atoms with E-state index in [1.54, 1.807) is 30.5 Å². The van der Waals surface area contributed by atoms with E-state index in [1.165, 1.54) is 6.92 Å². The van der Waals surface area contributed by atoms with E-state index in [9.17, 15) is 9.59 Å². The third kappa shape index (κ3) is 3.57. The number of ketones is 1. The van der Waals surface area contributed by atoms with Crippen LogP contribution in [0.1, 0.15) is 17.3 Å². The van der Waals surface area contributed by atoms with E-state index in [4.69, 9.17) is 4.74 Å². The van der Waals surface area contributed by atoms with Crippen LogP contribution in [0, 0.1) is 0 Å². The summed E-state index contributed by atoms with van der Waals surface area (Å²) in [6, 6.07) is 16.0. The fraction of sp³-hybridized carbons (Fsp3) is 0.105. The average Bonchev–Trinajstić information content (AvgIpc) is 2.61. The second-order valence-corrected chi connectivity index (χ2v) is 5.29. The zero-order valence-corrected chi connectivity index (χ0v) is 13.2. The van der Waals surface area contributed by atoms with Gasteiger partial charge in [0.1, 0.15) is 5.75 Å². The summed E-state index contributed by atoms with van der Waals surface area (Å²) in [7, 11) is 0. The minimum Gasteiger partial charge on any atom is -0.484 e. The van der Waals surface area contributed by atoms with E-state index in [0.717, 1.165) is 10.9 Å². The Morgan fingerprint density at radius 3 is 2.58 bits per heavy atom. The second-order valence-electron chi connectivity index (χ2n) is 5.29. The first-order valence-electron chi connectivity index (χ1n) is 7.51. The predicted molar refractivity (Wildman–Crippen MR) is 92.3 cm³/mol. The van der Waals surface area contributed by atoms with Crippen molar-refractivity contribution >= 4 is 28.3 Å². The van der Waals surface area contributed by atoms with Crippen LogP contribution in [-0.4, -0.2) is 23.3 Å². The van der Waals surface area contributed by atoms with Crippen molar-refractivity contribution in [3.05, 3.63) is 66.4 Å². The SMILES string of the molecule is CC(=O)c1ccc(OCC(=O)Nc2cccc3ncccc23)cc1. The van der Waals surface area contributed by atoms with Crippen LogP contribution in [0.3, 0.4) is 0 Å². The summed E-state index contributed by atoms with van der Waals surface area (Å²) >= 11 is 0. The molecule has 0 aliphatic heterocycles. The maximum atomic E-state index is 12.1. The summed E-state index contributed by atoms with van der Waals surface area (Å²) in [5, 5.41) is 3.70. The van der Waals surface area contributed by atoms with Gasteiger partial charge in [-0.1, -0.05) is 6.07 Å². The van der Waals surface area contributed by atoms with Gasteiger partial charge in [0.05, 0.1) is 11.2 Å². The number of carbonyl (C=O) groups is 2. The summed E-state index contributed by atoms with van der Waals surface area (Å²) in [4.78, 5) is 27.6. The molecule has 0 unspecified atom stereocenters. The van der Waals surface area contributed by atoms with Crippen molar-refractivity contribution in [2.45, 2.75) is 6.92 Å². The third-order valence-corrected chi connectivity index (χ3v) is 3.55. The number of aromatic nitrogens is 1. The molecule has 3 aromatic rings. The molecule has 24 heavy (non-hydrogen) atoms. The molecule has 0 atom stereocenters. The molecule has 1 N–H and O–H groups in total. The zero-order chi connectivity index (χ0) is 16.9. The molecule has 0 aliphatic carbocycles. The summed E-state index contributed by atoms with van der Waals surface area (Å²) in [6.45, 7) is 1.39. The van der Waals surface area contributed by atoms with Crippen molar-refractivity contribution in [1.82, 2.24) is 4.98 Å². The normalized spacial score (nSPS) is 10.4. The summed E-state index contributed by atoms with van der Waals surface area (Å²) in [5.41, 5.74) is 2.12. The predicted octanol–water partition coefficient (Wildman–Crippen LogP) is 3.45. The molecular weight excluding hydrogens is 304 g/mol. The Kier molecular flexibility index (Phi) is 4.52. The van der Waals surface area contributed by atoms with Crippen LogP contribution in [0.5, 0.6) is 5.75 Å². The topological polar surface area (TPSA) is 68.3 Å². The highest BCUT2D eigenvalue weighted by Crippen LogP contribution is 2.21. The fourth-order valence-corrected chi connectivity index (χ4v) is 2.33. The molecule has 0 saturated heterocycles. The second kappa shape index (κ2) is 6.91. The number of rotatable bonds is 5. The number of fused-ring (bicyclic) bond motifs is 1. The molecule has 1 heterocycles. The standard InChI is InChI=1S/C19H16N2O3/c1-13(22)14-7-9-15(10-8-14)24-12-19(23)21-18-6-2-5-17-16(18)4-3-11-20-17/h2-11H,12H2,1H3,(H,21,23). The number of Topliss-reactive ketones (excluding diaryl/α,β-unsaturated/α-hetero) is 1. The molecular formula is C19H16N2O3. The first kappa shape index (κ1) is 15.7. The van der Waals surface area contributed by atoms with Crippen molar-refractivity contribution in [2.24, 2.45) is 0 Å². The number of anilines is 1. The van der Waals surface area contributed by atoms with Gasteiger partial charge in [-0.2, -0.15) is 0 Å². The van der Waals surface area contributed by atoms with Crippen molar-refractivity contribution in [2.75, 3.05) is 11.9 Å². The van der Waals surface area contributed by atoms with E-state index in [1.807, 2.05) is 30.3 Å². The Morgan fingerprint density at radius 2 is 1.83 bits per heavy atom. The molecule has 5 heteroatoms. The molecule has 1 amide bonds. The first-order chi connectivity index (χ1) is 11.6. The van der Waals surface area contributed by atoms with E-state index in [0.29, 0.717) is 17.0 Å². The minimum absolute atomic E-state index is 0.0103. The summed E-state index contributed by atoms with van der Waals surface area (Å²) < 4.78 is 5.45. The number of nitrogens with one attached hydrogen (secondary N) is 1. The fourth-order valence-electron chi connectivity index (χ4n) is 2.33. The molecule has 120 valence electrons. The molecule has 0 bridgehead atoms. The molecule has 0 aliphatic rings. The number of hydrogen-bond acceptors (Lipinski definition) is 4. The maximum absolute atomic E-state index is 12.1. The van der Waals surface area contributed by atoms with Gasteiger partial charge in [-0.15, -0.1) is 0 Å². The van der Waals surface area contributed by atoms with Crippen LogP contribution < -0.4 is 10.1 Å². The molecule has 0 radical (unpaired) electrons. The highest BCUT2D eigenvalue weighted by atomic mass is 16.5. The van der Waals surface area contributed by atoms with Gasteiger partial charge in [-0.05, 0) is 55.5 Å². The van der Waals surface area contributed by atoms with Gasteiger partial charge in [0.15, 0.2) is 12.4 Å². The molecule has 1 aromatic heterocycles. The molecule has 5 nitrogen and oxygen atoms in total. The highest BCUT2D eigenvalue weighted by Gasteiger charge is 2.07. The van der Waals surface area contributed by atoms with Crippen molar-refractivity contribution in [3.63, 3.8) is 0 Å². The lowest BCUT2D eigenvalue weighted by molar-refractivity contribution is -0.118. The van der Waals surface area contributed by atoms with Crippen LogP contribution in [0.2, 0.25) is 0 Å². The number of pyridine rings is 1. The number of amides is 1. The Bertz CT molecular complexity index is 883. The van der Waals surface area contributed by atoms with Crippen molar-refractivity contribution < 1.29 is 14.3 Å². The van der Waals surface area contributed by atoms with Crippen LogP contribution in [-0.2, 0) is 4.79 Å². The van der Waals surface area contributed by atoms with Gasteiger partial charge in [0.2, 0.25) is 0 Å². The van der Waals surface area contributed by atoms with E-state index in [-0.39, 0.29) is 18.3 Å². The Morgan fingerprint density at radius 1 is 1.04 bits per heavy atom. The third-order valence-electron chi connectivity index (χ3n) is 3.55. The minimum atomic E-state index is -0.262. The molecule has 3 rings (SSSR count). The number of ether oxygens (including phenoxy) is 1. The maximum Gasteiger partial charge on any atom is 0.262 e. The smallest absolute Gasteiger partial charge is 0.262 e. The Labute approximate surface area is 139 Å². The first-order valence-corrected chi connectivity index (χ1v) is 7.51. The molecule has 0 spiro atoms. The molecule has 0 saturated carbocycles. The van der Waals surface area contributed by atoms with Crippen molar-refractivity contribution in [1.29, 1.82) is 0 Å². The lowest BCUT2D eigenvalue weighted by Crippen LogP contribution is -2.20. The Balaban J connectivity index is 1.64. The van der Waals surface area contributed by atoms with Gasteiger partial charge < -0.3 is 10.1 Å². The van der Waals surface area contributed by atoms with Crippen LogP contribution in [0.25, 0.3) is 10.9 Å². The molecule has 0 fully saturated rings. The van der Waals surface area contributed by atoms with Gasteiger partial charge in [0.25, 0.3) is 5.91 Å². The van der Waals surface area contributed by atoms with E-state index >= 15 is 0 Å². The van der Waals surface area contributed by atoms with E-state index < -0.39 is 0 Å². The highest BCUT2D eigenvalue weighted by molar-refractivity contribution is 6.01. The number of nitrogens with zero attached hydrogens (tertiary/aromatic N) is 1. The monoisotopic (exact) mass is 320 g/mol. The Hall–Kier alpha value is -3.21. The van der Waals surface area contributed by atoms with Gasteiger partial charge >= 0.3 is 0 Å². The number of carbonyl (C=O) groups excluding carboxylic acids is 2. The van der Waals surface area contributed by atoms with Crippen LogP contribution in [0.4, 0.5) is 5.69 Å². The van der Waals surface area contributed by atoms with Crippen LogP contribution >= 0.6 is 0 Å². The van der Waals surface area contributed by atoms with Gasteiger partial charge in [-0.25, -0.2) is 0 Å². The lowest BCUT2D eigenvalue weighted by Gasteiger charge is -2.09. The molecule has 2 aromatic carbocycles.